The van der Waals surface area contributed by atoms with Crippen LogP contribution in [-0.2, 0) is 4.79 Å². The zero-order valence-electron chi connectivity index (χ0n) is 8.68. The van der Waals surface area contributed by atoms with Crippen molar-refractivity contribution < 1.29 is 4.79 Å². The highest BCUT2D eigenvalue weighted by Gasteiger charge is 2.06. The maximum Gasteiger partial charge on any atom is 0.260 e. The van der Waals surface area contributed by atoms with E-state index in [0.717, 1.165) is 11.0 Å². The average Bonchev–Trinajstić information content (AvgIpc) is 2.61. The van der Waals surface area contributed by atoms with E-state index in [1.54, 1.807) is 10.6 Å². The average molecular weight is 244 g/mol. The Morgan fingerprint density at radius 1 is 1.53 bits per heavy atom. The van der Waals surface area contributed by atoms with Gasteiger partial charge in [0.15, 0.2) is 4.77 Å². The molecule has 0 radical (unpaired) electrons. The van der Waals surface area contributed by atoms with Crippen molar-refractivity contribution in [1.82, 2.24) is 9.55 Å². The smallest absolute Gasteiger partial charge is 0.260 e. The predicted octanol–water partition coefficient (Wildman–Crippen LogP) is 1.55. The third-order valence-corrected chi connectivity index (χ3v) is 2.57. The fraction of sp³-hybridized carbons (Fsp3) is 0. The Morgan fingerprint density at radius 2 is 2.24 bits per heavy atom. The summed E-state index contributed by atoms with van der Waals surface area (Å²) in [5, 5.41) is 8.78. The van der Waals surface area contributed by atoms with E-state index >= 15 is 0 Å². The molecule has 0 bridgehead atoms. The largest absolute Gasteiger partial charge is 0.365 e. The van der Waals surface area contributed by atoms with E-state index in [2.05, 4.69) is 4.98 Å². The second-order valence-electron chi connectivity index (χ2n) is 3.34. The van der Waals surface area contributed by atoms with E-state index < -0.39 is 5.91 Å². The first-order valence-electron chi connectivity index (χ1n) is 4.74. The number of nitriles is 1. The molecule has 0 spiro atoms. The van der Waals surface area contributed by atoms with Crippen molar-refractivity contribution in [3.05, 3.63) is 34.6 Å². The number of benzene rings is 1. The summed E-state index contributed by atoms with van der Waals surface area (Å²) in [6, 6.07) is 9.12. The highest BCUT2D eigenvalue weighted by atomic mass is 32.1. The molecule has 0 saturated heterocycles. The van der Waals surface area contributed by atoms with E-state index in [4.69, 9.17) is 23.2 Å². The van der Waals surface area contributed by atoms with Gasteiger partial charge < -0.3 is 10.7 Å². The van der Waals surface area contributed by atoms with Crippen molar-refractivity contribution in [2.24, 2.45) is 5.73 Å². The van der Waals surface area contributed by atoms with Gasteiger partial charge in [-0.1, -0.05) is 12.1 Å². The summed E-state index contributed by atoms with van der Waals surface area (Å²) in [7, 11) is 0. The first-order valence-corrected chi connectivity index (χ1v) is 5.15. The van der Waals surface area contributed by atoms with Crippen LogP contribution in [0.2, 0.25) is 0 Å². The molecule has 0 atom stereocenters. The normalized spacial score (nSPS) is 11.4. The van der Waals surface area contributed by atoms with Crippen molar-refractivity contribution in [1.29, 1.82) is 5.26 Å². The van der Waals surface area contributed by atoms with Crippen molar-refractivity contribution in [3.8, 4) is 6.07 Å². The number of fused-ring (bicyclic) bond motifs is 1. The molecule has 17 heavy (non-hydrogen) atoms. The van der Waals surface area contributed by atoms with E-state index in [1.165, 1.54) is 6.20 Å². The van der Waals surface area contributed by atoms with Gasteiger partial charge in [-0.3, -0.25) is 9.36 Å². The standard InChI is InChI=1S/C11H8N4OS/c12-5-7(10(13)16)6-15-9-4-2-1-3-8(9)14-11(15)17/h1-4,6H,(H2,13,16)(H,14,17)/b7-6-. The van der Waals surface area contributed by atoms with Crippen LogP contribution in [0.25, 0.3) is 17.2 Å². The highest BCUT2D eigenvalue weighted by molar-refractivity contribution is 7.71. The van der Waals surface area contributed by atoms with Gasteiger partial charge in [0.2, 0.25) is 0 Å². The summed E-state index contributed by atoms with van der Waals surface area (Å²) < 4.78 is 1.95. The molecule has 0 aliphatic heterocycles. The molecule has 3 N–H and O–H groups in total. The lowest BCUT2D eigenvalue weighted by Gasteiger charge is -1.97. The summed E-state index contributed by atoms with van der Waals surface area (Å²) in [6.45, 7) is 0. The summed E-state index contributed by atoms with van der Waals surface area (Å²) in [5.74, 6) is -0.778. The number of nitrogens with zero attached hydrogens (tertiary/aromatic N) is 2. The van der Waals surface area contributed by atoms with Crippen LogP contribution in [0.3, 0.4) is 0 Å². The van der Waals surface area contributed by atoms with Crippen molar-refractivity contribution in [2.75, 3.05) is 0 Å². The van der Waals surface area contributed by atoms with Crippen molar-refractivity contribution in [3.63, 3.8) is 0 Å². The SMILES string of the molecule is N#C/C(=C/n1c(=S)[nH]c2ccccc21)C(N)=O. The van der Waals surface area contributed by atoms with Crippen LogP contribution in [0.15, 0.2) is 29.8 Å². The van der Waals surface area contributed by atoms with E-state index in [1.807, 2.05) is 24.3 Å². The third-order valence-electron chi connectivity index (χ3n) is 2.27. The Morgan fingerprint density at radius 3 is 2.88 bits per heavy atom. The van der Waals surface area contributed by atoms with Gasteiger partial charge in [-0.05, 0) is 24.4 Å². The number of carbonyl (C=O) groups excluding carboxylic acids is 1. The Balaban J connectivity index is 2.72. The summed E-state index contributed by atoms with van der Waals surface area (Å²) in [5.41, 5.74) is 6.54. The van der Waals surface area contributed by atoms with E-state index in [-0.39, 0.29) is 5.57 Å². The maximum atomic E-state index is 11.0. The number of amides is 1. The molecule has 1 aromatic heterocycles. The molecule has 1 heterocycles. The van der Waals surface area contributed by atoms with E-state index in [9.17, 15) is 4.79 Å². The van der Waals surface area contributed by atoms with Gasteiger partial charge in [0.25, 0.3) is 5.91 Å². The minimum Gasteiger partial charge on any atom is -0.365 e. The minimum absolute atomic E-state index is 0.147. The summed E-state index contributed by atoms with van der Waals surface area (Å²) in [6.07, 6.45) is 1.34. The zero-order valence-corrected chi connectivity index (χ0v) is 9.49. The number of hydrogen-bond donors (Lipinski definition) is 2. The lowest BCUT2D eigenvalue weighted by molar-refractivity contribution is -0.114. The third kappa shape index (κ3) is 1.96. The lowest BCUT2D eigenvalue weighted by Crippen LogP contribution is -2.13. The number of nitrogens with one attached hydrogen (secondary N) is 1. The Bertz CT molecular complexity index is 717. The predicted molar refractivity (Wildman–Crippen MR) is 66.2 cm³/mol. The second kappa shape index (κ2) is 4.23. The molecule has 0 saturated carbocycles. The number of rotatable bonds is 2. The number of aromatic nitrogens is 2. The minimum atomic E-state index is -0.778. The molecule has 1 amide bonds. The Kier molecular flexibility index (Phi) is 2.77. The van der Waals surface area contributed by atoms with Crippen molar-refractivity contribution >= 4 is 35.4 Å². The number of nitrogens with two attached hydrogens (primary N) is 1. The van der Waals surface area contributed by atoms with Gasteiger partial charge in [-0.15, -0.1) is 0 Å². The number of para-hydroxylation sites is 2. The first kappa shape index (κ1) is 11.1. The molecule has 0 unspecified atom stereocenters. The summed E-state index contributed by atoms with van der Waals surface area (Å²) in [4.78, 5) is 13.9. The maximum absolute atomic E-state index is 11.0. The van der Waals surface area contributed by atoms with Gasteiger partial charge >= 0.3 is 0 Å². The number of imidazole rings is 1. The number of H-pyrrole nitrogens is 1. The van der Waals surface area contributed by atoms with Gasteiger partial charge in [0, 0.05) is 6.20 Å². The van der Waals surface area contributed by atoms with Crippen LogP contribution in [0, 0.1) is 16.1 Å². The quantitative estimate of drug-likeness (QED) is 0.477. The number of aromatic amines is 1. The molecule has 0 fully saturated rings. The Hall–Kier alpha value is -2.39. The first-order chi connectivity index (χ1) is 8.13. The second-order valence-corrected chi connectivity index (χ2v) is 3.72. The molecule has 0 aliphatic rings. The highest BCUT2D eigenvalue weighted by Crippen LogP contribution is 2.14. The van der Waals surface area contributed by atoms with Gasteiger partial charge in [0.1, 0.15) is 11.6 Å². The van der Waals surface area contributed by atoms with Gasteiger partial charge in [0.05, 0.1) is 11.0 Å². The van der Waals surface area contributed by atoms with Crippen LogP contribution in [0.4, 0.5) is 0 Å². The molecule has 2 rings (SSSR count). The number of primary amides is 1. The fourth-order valence-electron chi connectivity index (χ4n) is 1.48. The van der Waals surface area contributed by atoms with Crippen molar-refractivity contribution in [2.45, 2.75) is 0 Å². The fourth-order valence-corrected chi connectivity index (χ4v) is 1.74. The van der Waals surface area contributed by atoms with Gasteiger partial charge in [-0.2, -0.15) is 5.26 Å². The number of hydrogen-bond acceptors (Lipinski definition) is 3. The van der Waals surface area contributed by atoms with Crippen LogP contribution >= 0.6 is 12.2 Å². The van der Waals surface area contributed by atoms with Gasteiger partial charge in [-0.25, -0.2) is 0 Å². The molecule has 1 aromatic carbocycles. The molecule has 2 aromatic rings. The van der Waals surface area contributed by atoms with Crippen LogP contribution < -0.4 is 5.73 Å². The molecular weight excluding hydrogens is 236 g/mol. The Labute approximate surface area is 102 Å². The molecule has 6 heteroatoms. The summed E-state index contributed by atoms with van der Waals surface area (Å²) >= 11 is 5.11. The monoisotopic (exact) mass is 244 g/mol. The molecule has 5 nitrogen and oxygen atoms in total. The van der Waals surface area contributed by atoms with Crippen LogP contribution in [-0.4, -0.2) is 15.5 Å². The topological polar surface area (TPSA) is 87.6 Å². The number of carbonyl (C=O) groups is 1. The van der Waals surface area contributed by atoms with E-state index in [0.29, 0.717) is 4.77 Å². The molecule has 0 aliphatic carbocycles. The lowest BCUT2D eigenvalue weighted by atomic mass is 10.3. The zero-order chi connectivity index (χ0) is 12.4. The molecular formula is C11H8N4OS. The molecule has 84 valence electrons. The van der Waals surface area contributed by atoms with Crippen LogP contribution in [0.5, 0.6) is 0 Å². The van der Waals surface area contributed by atoms with Crippen LogP contribution in [0.1, 0.15) is 0 Å².